The van der Waals surface area contributed by atoms with E-state index in [1.807, 2.05) is 0 Å². The second-order valence-electron chi connectivity index (χ2n) is 15.2. The van der Waals surface area contributed by atoms with E-state index in [-0.39, 0.29) is 5.41 Å². The third kappa shape index (κ3) is 4.42. The molecule has 0 nitrogen and oxygen atoms in total. The lowest BCUT2D eigenvalue weighted by molar-refractivity contribution is 0.660. The van der Waals surface area contributed by atoms with Gasteiger partial charge in [0.05, 0.1) is 0 Å². The molecule has 10 aromatic carbocycles. The van der Waals surface area contributed by atoms with Gasteiger partial charge in [0, 0.05) is 5.41 Å². The van der Waals surface area contributed by atoms with Crippen LogP contribution in [-0.4, -0.2) is 0 Å². The monoisotopic (exact) mass is 672 g/mol. The van der Waals surface area contributed by atoms with Crippen LogP contribution in [0.25, 0.3) is 98.4 Å². The summed E-state index contributed by atoms with van der Waals surface area (Å²) in [4.78, 5) is 0. The standard InChI is InChI=1S/C53H36/c1-53(2)48-22-12-11-19-42(48)46-32-39(26-28-49(46)53)50-43-20-9-10-21-44(43)52(51-40-17-7-5-15-37(40)30-38-16-6-8-18-41(38)51)45-27-25-36(31-47(45)50)35-24-23-33-13-3-4-14-34(33)29-35/h3-32H,1-2H3. The molecule has 0 bridgehead atoms. The van der Waals surface area contributed by atoms with Crippen LogP contribution in [0.3, 0.4) is 0 Å². The van der Waals surface area contributed by atoms with Crippen molar-refractivity contribution in [2.45, 2.75) is 19.3 Å². The van der Waals surface area contributed by atoms with Crippen LogP contribution in [0.4, 0.5) is 0 Å². The van der Waals surface area contributed by atoms with E-state index in [4.69, 9.17) is 0 Å². The summed E-state index contributed by atoms with van der Waals surface area (Å²) in [6.45, 7) is 4.72. The van der Waals surface area contributed by atoms with Crippen molar-refractivity contribution in [1.82, 2.24) is 0 Å². The number of hydrogen-bond donors (Lipinski definition) is 0. The third-order valence-corrected chi connectivity index (χ3v) is 12.0. The summed E-state index contributed by atoms with van der Waals surface area (Å²) in [6, 6.07) is 68.2. The molecule has 0 radical (unpaired) electrons. The lowest BCUT2D eigenvalue weighted by Crippen LogP contribution is -2.14. The van der Waals surface area contributed by atoms with Gasteiger partial charge < -0.3 is 0 Å². The summed E-state index contributed by atoms with van der Waals surface area (Å²) >= 11 is 0. The van der Waals surface area contributed by atoms with Gasteiger partial charge in [-0.1, -0.05) is 172 Å². The van der Waals surface area contributed by atoms with E-state index in [0.717, 1.165) is 0 Å². The number of rotatable bonds is 3. The molecule has 10 aromatic rings. The maximum absolute atomic E-state index is 2.47. The molecular formula is C53H36. The normalized spacial score (nSPS) is 13.2. The van der Waals surface area contributed by atoms with Gasteiger partial charge in [0.15, 0.2) is 0 Å². The van der Waals surface area contributed by atoms with Gasteiger partial charge in [0.2, 0.25) is 0 Å². The van der Waals surface area contributed by atoms with Gasteiger partial charge in [-0.2, -0.15) is 0 Å². The van der Waals surface area contributed by atoms with Crippen molar-refractivity contribution in [3.63, 3.8) is 0 Å². The Hall–Kier alpha value is -6.50. The molecule has 248 valence electrons. The molecular weight excluding hydrogens is 637 g/mol. The average molecular weight is 673 g/mol. The number of hydrogen-bond acceptors (Lipinski definition) is 0. The van der Waals surface area contributed by atoms with Gasteiger partial charge in [-0.25, -0.2) is 0 Å². The van der Waals surface area contributed by atoms with Crippen LogP contribution in [0.15, 0.2) is 182 Å². The second kappa shape index (κ2) is 11.2. The summed E-state index contributed by atoms with van der Waals surface area (Å²) in [5, 5.41) is 12.7. The molecule has 0 spiro atoms. The van der Waals surface area contributed by atoms with Crippen molar-refractivity contribution in [3.05, 3.63) is 193 Å². The minimum atomic E-state index is -0.0445. The topological polar surface area (TPSA) is 0 Å². The van der Waals surface area contributed by atoms with Crippen LogP contribution < -0.4 is 0 Å². The first-order valence-electron chi connectivity index (χ1n) is 18.7. The Kier molecular flexibility index (Phi) is 6.40. The molecule has 0 saturated carbocycles. The SMILES string of the molecule is CC1(C)c2ccccc2-c2cc(-c3c4ccccc4c(-c4c5ccccc5cc5ccccc45)c4ccc(-c5ccc6ccccc6c5)cc34)ccc21. The quantitative estimate of drug-likeness (QED) is 0.164. The van der Waals surface area contributed by atoms with Gasteiger partial charge in [-0.3, -0.25) is 0 Å². The van der Waals surface area contributed by atoms with Gasteiger partial charge in [0.25, 0.3) is 0 Å². The fourth-order valence-electron chi connectivity index (χ4n) is 9.47. The zero-order valence-corrected chi connectivity index (χ0v) is 29.8. The highest BCUT2D eigenvalue weighted by atomic mass is 14.4. The molecule has 1 aliphatic rings. The van der Waals surface area contributed by atoms with Gasteiger partial charge >= 0.3 is 0 Å². The third-order valence-electron chi connectivity index (χ3n) is 12.0. The summed E-state index contributed by atoms with van der Waals surface area (Å²) in [7, 11) is 0. The molecule has 0 N–H and O–H groups in total. The van der Waals surface area contributed by atoms with Crippen LogP contribution >= 0.6 is 0 Å². The van der Waals surface area contributed by atoms with Crippen molar-refractivity contribution in [1.29, 1.82) is 0 Å². The second-order valence-corrected chi connectivity index (χ2v) is 15.2. The van der Waals surface area contributed by atoms with Gasteiger partial charge in [0.1, 0.15) is 0 Å². The minimum absolute atomic E-state index is 0.0445. The summed E-state index contributed by atoms with van der Waals surface area (Å²) in [5.41, 5.74) is 13.0. The Labute approximate surface area is 309 Å². The van der Waals surface area contributed by atoms with Gasteiger partial charge in [-0.05, 0) is 134 Å². The zero-order valence-electron chi connectivity index (χ0n) is 29.8. The van der Waals surface area contributed by atoms with E-state index in [9.17, 15) is 0 Å². The van der Waals surface area contributed by atoms with E-state index in [1.165, 1.54) is 109 Å². The Morgan fingerprint density at radius 3 is 1.55 bits per heavy atom. The van der Waals surface area contributed by atoms with Crippen molar-refractivity contribution in [2.75, 3.05) is 0 Å². The molecule has 0 amide bonds. The molecule has 0 saturated heterocycles. The number of fused-ring (bicyclic) bond motifs is 8. The lowest BCUT2D eigenvalue weighted by atomic mass is 9.80. The first-order valence-corrected chi connectivity index (χ1v) is 18.7. The molecule has 0 aromatic heterocycles. The fourth-order valence-corrected chi connectivity index (χ4v) is 9.47. The zero-order chi connectivity index (χ0) is 35.3. The van der Waals surface area contributed by atoms with Crippen molar-refractivity contribution in [3.8, 4) is 44.5 Å². The molecule has 0 heterocycles. The van der Waals surface area contributed by atoms with Crippen LogP contribution in [0, 0.1) is 0 Å². The van der Waals surface area contributed by atoms with Crippen LogP contribution in [0.2, 0.25) is 0 Å². The molecule has 0 fully saturated rings. The largest absolute Gasteiger partial charge is 0.0619 e. The van der Waals surface area contributed by atoms with Crippen LogP contribution in [0.5, 0.6) is 0 Å². The minimum Gasteiger partial charge on any atom is -0.0619 e. The van der Waals surface area contributed by atoms with E-state index in [1.54, 1.807) is 0 Å². The first-order chi connectivity index (χ1) is 26.0. The Morgan fingerprint density at radius 1 is 0.283 bits per heavy atom. The van der Waals surface area contributed by atoms with Gasteiger partial charge in [-0.15, -0.1) is 0 Å². The summed E-state index contributed by atoms with van der Waals surface area (Å²) < 4.78 is 0. The highest BCUT2D eigenvalue weighted by Crippen LogP contribution is 2.52. The number of benzene rings is 10. The lowest BCUT2D eigenvalue weighted by Gasteiger charge is -2.23. The predicted molar refractivity (Wildman–Crippen MR) is 228 cm³/mol. The Morgan fingerprint density at radius 2 is 0.792 bits per heavy atom. The molecule has 0 heteroatoms. The first kappa shape index (κ1) is 30.2. The Balaban J connectivity index is 1.29. The van der Waals surface area contributed by atoms with Crippen LogP contribution in [0.1, 0.15) is 25.0 Å². The molecule has 0 atom stereocenters. The van der Waals surface area contributed by atoms with Crippen molar-refractivity contribution in [2.24, 2.45) is 0 Å². The smallest absolute Gasteiger partial charge is 0.0158 e. The maximum Gasteiger partial charge on any atom is 0.0158 e. The highest BCUT2D eigenvalue weighted by molar-refractivity contribution is 6.27. The Bertz CT molecular complexity index is 3090. The molecule has 1 aliphatic carbocycles. The summed E-state index contributed by atoms with van der Waals surface area (Å²) in [5.74, 6) is 0. The molecule has 0 unspecified atom stereocenters. The van der Waals surface area contributed by atoms with Crippen molar-refractivity contribution < 1.29 is 0 Å². The molecule has 0 aliphatic heterocycles. The van der Waals surface area contributed by atoms with E-state index in [0.29, 0.717) is 0 Å². The van der Waals surface area contributed by atoms with Crippen molar-refractivity contribution >= 4 is 53.9 Å². The fraction of sp³-hybridized carbons (Fsp3) is 0.0566. The predicted octanol–water partition coefficient (Wildman–Crippen LogP) is 14.8. The summed E-state index contributed by atoms with van der Waals surface area (Å²) in [6.07, 6.45) is 0. The molecule has 53 heavy (non-hydrogen) atoms. The molecule has 11 rings (SSSR count). The van der Waals surface area contributed by atoms with Crippen LogP contribution in [-0.2, 0) is 5.41 Å². The van der Waals surface area contributed by atoms with E-state index >= 15 is 0 Å². The highest BCUT2D eigenvalue weighted by Gasteiger charge is 2.35. The maximum atomic E-state index is 2.47. The van der Waals surface area contributed by atoms with E-state index in [2.05, 4.69) is 196 Å². The average Bonchev–Trinajstić information content (AvgIpc) is 3.44. The van der Waals surface area contributed by atoms with E-state index < -0.39 is 0 Å².